The fraction of sp³-hybridized carbons (Fsp3) is 0.238. The molecular formula is C21H21N3O. The van der Waals surface area contributed by atoms with Crippen LogP contribution in [-0.4, -0.2) is 15.5 Å². The first-order valence-electron chi connectivity index (χ1n) is 8.64. The third-order valence-corrected chi connectivity index (χ3v) is 4.99. The topological polar surface area (TPSA) is 46.9 Å². The number of carbonyl (C=O) groups is 1. The molecule has 1 aliphatic rings. The van der Waals surface area contributed by atoms with Gasteiger partial charge in [0.05, 0.1) is 11.6 Å². The number of hydrogen-bond donors (Lipinski definition) is 1. The fourth-order valence-electron chi connectivity index (χ4n) is 3.77. The average Bonchev–Trinajstić information content (AvgIpc) is 3.17. The molecule has 4 heteroatoms. The second-order valence-electron chi connectivity index (χ2n) is 6.57. The van der Waals surface area contributed by atoms with Crippen LogP contribution in [-0.2, 0) is 6.42 Å². The third kappa shape index (κ3) is 2.74. The minimum absolute atomic E-state index is 0.0167. The zero-order valence-corrected chi connectivity index (χ0v) is 14.5. The van der Waals surface area contributed by atoms with Gasteiger partial charge in [-0.3, -0.25) is 4.79 Å². The predicted molar refractivity (Wildman–Crippen MR) is 98.0 cm³/mol. The molecule has 25 heavy (non-hydrogen) atoms. The number of pyridine rings is 1. The normalized spacial score (nSPS) is 15.8. The molecule has 1 amide bonds. The zero-order valence-electron chi connectivity index (χ0n) is 14.5. The molecule has 0 saturated carbocycles. The smallest absolute Gasteiger partial charge is 0.253 e. The highest BCUT2D eigenvalue weighted by molar-refractivity contribution is 5.96. The monoisotopic (exact) mass is 331 g/mol. The number of aryl methyl sites for hydroxylation is 2. The van der Waals surface area contributed by atoms with E-state index in [9.17, 15) is 4.79 Å². The van der Waals surface area contributed by atoms with Crippen molar-refractivity contribution in [2.24, 2.45) is 0 Å². The van der Waals surface area contributed by atoms with Crippen molar-refractivity contribution in [3.8, 4) is 5.82 Å². The van der Waals surface area contributed by atoms with Crippen LogP contribution in [0.25, 0.3) is 5.82 Å². The van der Waals surface area contributed by atoms with Gasteiger partial charge in [-0.25, -0.2) is 4.98 Å². The Morgan fingerprint density at radius 2 is 1.96 bits per heavy atom. The summed E-state index contributed by atoms with van der Waals surface area (Å²) in [6.45, 7) is 3.97. The molecule has 1 atom stereocenters. The van der Waals surface area contributed by atoms with Crippen molar-refractivity contribution in [1.82, 2.24) is 14.9 Å². The van der Waals surface area contributed by atoms with Crippen LogP contribution in [0.5, 0.6) is 0 Å². The summed E-state index contributed by atoms with van der Waals surface area (Å²) in [6.07, 6.45) is 3.75. The molecule has 0 spiro atoms. The number of aromatic nitrogens is 2. The van der Waals surface area contributed by atoms with Crippen molar-refractivity contribution in [3.05, 3.63) is 82.8 Å². The predicted octanol–water partition coefficient (Wildman–Crippen LogP) is 3.91. The molecule has 2 aromatic heterocycles. The van der Waals surface area contributed by atoms with Crippen LogP contribution >= 0.6 is 0 Å². The van der Waals surface area contributed by atoms with Crippen LogP contribution < -0.4 is 5.32 Å². The van der Waals surface area contributed by atoms with E-state index in [1.807, 2.05) is 48.7 Å². The summed E-state index contributed by atoms with van der Waals surface area (Å²) in [5.41, 5.74) is 5.22. The molecule has 0 bridgehead atoms. The van der Waals surface area contributed by atoms with E-state index < -0.39 is 0 Å². The molecule has 1 aliphatic carbocycles. The van der Waals surface area contributed by atoms with Crippen LogP contribution in [0.2, 0.25) is 0 Å². The molecule has 4 rings (SSSR count). The van der Waals surface area contributed by atoms with Gasteiger partial charge < -0.3 is 9.88 Å². The molecule has 0 radical (unpaired) electrons. The van der Waals surface area contributed by atoms with Gasteiger partial charge in [-0.15, -0.1) is 0 Å². The third-order valence-electron chi connectivity index (χ3n) is 4.99. The number of nitrogens with one attached hydrogen (secondary N) is 1. The Kier molecular flexibility index (Phi) is 3.88. The first-order chi connectivity index (χ1) is 12.1. The van der Waals surface area contributed by atoms with E-state index in [4.69, 9.17) is 0 Å². The SMILES string of the molecule is Cc1cc(C(=O)N[C@H]2CCc3ccccc32)c(C)n1-c1ccccn1. The Morgan fingerprint density at radius 1 is 1.16 bits per heavy atom. The molecule has 0 saturated heterocycles. The summed E-state index contributed by atoms with van der Waals surface area (Å²) in [5.74, 6) is 0.819. The van der Waals surface area contributed by atoms with E-state index >= 15 is 0 Å². The van der Waals surface area contributed by atoms with Gasteiger partial charge in [0.15, 0.2) is 0 Å². The lowest BCUT2D eigenvalue weighted by Crippen LogP contribution is -2.27. The summed E-state index contributed by atoms with van der Waals surface area (Å²) in [6, 6.07) is 16.2. The van der Waals surface area contributed by atoms with Crippen LogP contribution in [0.1, 0.15) is 45.3 Å². The summed E-state index contributed by atoms with van der Waals surface area (Å²) < 4.78 is 2.03. The highest BCUT2D eigenvalue weighted by Crippen LogP contribution is 2.31. The molecule has 1 N–H and O–H groups in total. The number of carbonyl (C=O) groups excluding carboxylic acids is 1. The molecule has 4 nitrogen and oxygen atoms in total. The summed E-state index contributed by atoms with van der Waals surface area (Å²) in [7, 11) is 0. The number of fused-ring (bicyclic) bond motifs is 1. The molecule has 0 aliphatic heterocycles. The van der Waals surface area contributed by atoms with Crippen LogP contribution in [0.4, 0.5) is 0 Å². The summed E-state index contributed by atoms with van der Waals surface area (Å²) in [4.78, 5) is 17.3. The van der Waals surface area contributed by atoms with Crippen LogP contribution in [0.15, 0.2) is 54.7 Å². The minimum Gasteiger partial charge on any atom is -0.345 e. The molecule has 0 fully saturated rings. The van der Waals surface area contributed by atoms with E-state index in [1.54, 1.807) is 6.20 Å². The van der Waals surface area contributed by atoms with Crippen molar-refractivity contribution in [1.29, 1.82) is 0 Å². The minimum atomic E-state index is -0.0167. The highest BCUT2D eigenvalue weighted by atomic mass is 16.1. The van der Waals surface area contributed by atoms with Gasteiger partial charge in [0.25, 0.3) is 5.91 Å². The van der Waals surface area contributed by atoms with Crippen molar-refractivity contribution < 1.29 is 4.79 Å². The lowest BCUT2D eigenvalue weighted by molar-refractivity contribution is 0.0936. The Bertz CT molecular complexity index is 928. The molecule has 3 aromatic rings. The van der Waals surface area contributed by atoms with Gasteiger partial charge in [0, 0.05) is 17.6 Å². The average molecular weight is 331 g/mol. The second-order valence-corrected chi connectivity index (χ2v) is 6.57. The van der Waals surface area contributed by atoms with Gasteiger partial charge in [0.2, 0.25) is 0 Å². The maximum Gasteiger partial charge on any atom is 0.253 e. The van der Waals surface area contributed by atoms with Crippen molar-refractivity contribution in [2.45, 2.75) is 32.7 Å². The molecule has 2 heterocycles. The van der Waals surface area contributed by atoms with E-state index in [2.05, 4.69) is 28.5 Å². The first-order valence-corrected chi connectivity index (χ1v) is 8.64. The lowest BCUT2D eigenvalue weighted by Gasteiger charge is -2.14. The summed E-state index contributed by atoms with van der Waals surface area (Å²) >= 11 is 0. The standard InChI is InChI=1S/C21H21N3O/c1-14-13-18(15(2)24(14)20-9-5-6-12-22-20)21(25)23-19-11-10-16-7-3-4-8-17(16)19/h3-9,12-13,19H,10-11H2,1-2H3,(H,23,25)/t19-/m0/s1. The maximum absolute atomic E-state index is 12.9. The molecular weight excluding hydrogens is 310 g/mol. The van der Waals surface area contributed by atoms with Gasteiger partial charge in [-0.1, -0.05) is 30.3 Å². The van der Waals surface area contributed by atoms with Crippen LogP contribution in [0.3, 0.4) is 0 Å². The Labute approximate surface area is 147 Å². The largest absolute Gasteiger partial charge is 0.345 e. The van der Waals surface area contributed by atoms with Crippen molar-refractivity contribution in [2.75, 3.05) is 0 Å². The van der Waals surface area contributed by atoms with Gasteiger partial charge in [-0.2, -0.15) is 0 Å². The Balaban J connectivity index is 1.62. The second kappa shape index (κ2) is 6.20. The number of benzene rings is 1. The van der Waals surface area contributed by atoms with E-state index in [0.717, 1.165) is 30.0 Å². The molecule has 1 aromatic carbocycles. The fourth-order valence-corrected chi connectivity index (χ4v) is 3.77. The Hall–Kier alpha value is -2.88. The maximum atomic E-state index is 12.9. The van der Waals surface area contributed by atoms with E-state index in [1.165, 1.54) is 11.1 Å². The summed E-state index contributed by atoms with van der Waals surface area (Å²) in [5, 5.41) is 3.21. The van der Waals surface area contributed by atoms with Crippen LogP contribution in [0, 0.1) is 13.8 Å². The van der Waals surface area contributed by atoms with E-state index in [0.29, 0.717) is 5.56 Å². The van der Waals surface area contributed by atoms with Crippen molar-refractivity contribution in [3.63, 3.8) is 0 Å². The number of hydrogen-bond acceptors (Lipinski definition) is 2. The van der Waals surface area contributed by atoms with Gasteiger partial charge in [-0.05, 0) is 56.0 Å². The zero-order chi connectivity index (χ0) is 17.4. The number of nitrogens with zero attached hydrogens (tertiary/aromatic N) is 2. The van der Waals surface area contributed by atoms with Crippen molar-refractivity contribution >= 4 is 5.91 Å². The lowest BCUT2D eigenvalue weighted by atomic mass is 10.1. The molecule has 126 valence electrons. The number of amides is 1. The quantitative estimate of drug-likeness (QED) is 0.791. The number of rotatable bonds is 3. The molecule has 0 unspecified atom stereocenters. The highest BCUT2D eigenvalue weighted by Gasteiger charge is 2.25. The first kappa shape index (κ1) is 15.6. The Morgan fingerprint density at radius 3 is 2.76 bits per heavy atom. The van der Waals surface area contributed by atoms with Gasteiger partial charge >= 0.3 is 0 Å². The van der Waals surface area contributed by atoms with E-state index in [-0.39, 0.29) is 11.9 Å². The van der Waals surface area contributed by atoms with Gasteiger partial charge in [0.1, 0.15) is 5.82 Å².